The molecule has 0 unspecified atom stereocenters. The van der Waals surface area contributed by atoms with Gasteiger partial charge in [-0.15, -0.1) is 0 Å². The fraction of sp³-hybridized carbons (Fsp3) is 0.208. The molecule has 0 aliphatic carbocycles. The van der Waals surface area contributed by atoms with Crippen LogP contribution in [0.4, 0.5) is 5.69 Å². The van der Waals surface area contributed by atoms with Gasteiger partial charge in [-0.2, -0.15) is 5.10 Å². The fourth-order valence-electron chi connectivity index (χ4n) is 3.10. The third kappa shape index (κ3) is 5.23. The van der Waals surface area contributed by atoms with Gasteiger partial charge >= 0.3 is 0 Å². The smallest absolute Gasteiger partial charge is 0.271 e. The molecule has 3 aromatic carbocycles. The summed E-state index contributed by atoms with van der Waals surface area (Å²) in [7, 11) is 1.64. The van der Waals surface area contributed by atoms with Crippen molar-refractivity contribution < 1.29 is 14.3 Å². The molecule has 2 amide bonds. The Bertz CT molecular complexity index is 1070. The van der Waals surface area contributed by atoms with Crippen molar-refractivity contribution in [2.75, 3.05) is 12.4 Å². The lowest BCUT2D eigenvalue weighted by Crippen LogP contribution is -2.18. The molecule has 2 N–H and O–H groups in total. The first-order valence-electron chi connectivity index (χ1n) is 9.77. The van der Waals surface area contributed by atoms with Crippen LogP contribution in [-0.4, -0.2) is 25.1 Å². The van der Waals surface area contributed by atoms with Crippen molar-refractivity contribution in [2.24, 2.45) is 11.0 Å². The van der Waals surface area contributed by atoms with Crippen molar-refractivity contribution in [2.45, 2.75) is 20.3 Å². The summed E-state index contributed by atoms with van der Waals surface area (Å²) in [5.74, 6) is 0.700. The number of nitrogens with one attached hydrogen (secondary N) is 2. The largest absolute Gasteiger partial charge is 0.496 e. The Labute approximate surface area is 175 Å². The third-order valence-corrected chi connectivity index (χ3v) is 4.53. The van der Waals surface area contributed by atoms with Crippen molar-refractivity contribution in [1.82, 2.24) is 5.43 Å². The number of amides is 2. The Balaban J connectivity index is 1.65. The SMILES string of the molecule is COc1ccc(/C=N/NC(=O)c2ccc(NC(=O)CC(C)C)cc2)c2ccccc12. The molecule has 6 nitrogen and oxygen atoms in total. The topological polar surface area (TPSA) is 79.8 Å². The van der Waals surface area contributed by atoms with E-state index in [4.69, 9.17) is 4.74 Å². The van der Waals surface area contributed by atoms with Gasteiger partial charge in [0.15, 0.2) is 0 Å². The molecule has 0 radical (unpaired) electrons. The van der Waals surface area contributed by atoms with Gasteiger partial charge in [0, 0.05) is 28.6 Å². The van der Waals surface area contributed by atoms with Gasteiger partial charge in [0.1, 0.15) is 5.75 Å². The van der Waals surface area contributed by atoms with Gasteiger partial charge in [0.05, 0.1) is 13.3 Å². The van der Waals surface area contributed by atoms with Crippen LogP contribution in [0.1, 0.15) is 36.2 Å². The number of carbonyl (C=O) groups is 2. The predicted molar refractivity (Wildman–Crippen MR) is 120 cm³/mol. The van der Waals surface area contributed by atoms with Crippen molar-refractivity contribution >= 4 is 34.5 Å². The summed E-state index contributed by atoms with van der Waals surface area (Å²) in [6.45, 7) is 3.98. The van der Waals surface area contributed by atoms with E-state index in [0.29, 0.717) is 17.7 Å². The molecule has 0 aliphatic rings. The quantitative estimate of drug-likeness (QED) is 0.447. The highest BCUT2D eigenvalue weighted by Gasteiger charge is 2.08. The number of carbonyl (C=O) groups excluding carboxylic acids is 2. The van der Waals surface area contributed by atoms with Crippen molar-refractivity contribution in [3.63, 3.8) is 0 Å². The van der Waals surface area contributed by atoms with Crippen molar-refractivity contribution in [3.8, 4) is 5.75 Å². The number of fused-ring (bicyclic) bond motifs is 1. The Morgan fingerprint density at radius 1 is 1.00 bits per heavy atom. The second-order valence-electron chi connectivity index (χ2n) is 7.33. The first kappa shape index (κ1) is 21.0. The average molecular weight is 403 g/mol. The van der Waals surface area contributed by atoms with Crippen LogP contribution >= 0.6 is 0 Å². The molecule has 3 aromatic rings. The maximum Gasteiger partial charge on any atom is 0.271 e. The Morgan fingerprint density at radius 3 is 2.37 bits per heavy atom. The first-order valence-corrected chi connectivity index (χ1v) is 9.77. The van der Waals surface area contributed by atoms with E-state index in [0.717, 1.165) is 22.1 Å². The molecule has 6 heteroatoms. The van der Waals surface area contributed by atoms with Crippen LogP contribution < -0.4 is 15.5 Å². The van der Waals surface area contributed by atoms with Gasteiger partial charge < -0.3 is 10.1 Å². The molecular weight excluding hydrogens is 378 g/mol. The van der Waals surface area contributed by atoms with Gasteiger partial charge in [0.25, 0.3) is 5.91 Å². The van der Waals surface area contributed by atoms with Gasteiger partial charge in [-0.05, 0) is 47.7 Å². The van der Waals surface area contributed by atoms with Crippen LogP contribution in [0.2, 0.25) is 0 Å². The molecule has 0 atom stereocenters. The minimum Gasteiger partial charge on any atom is -0.496 e. The second kappa shape index (κ2) is 9.69. The van der Waals surface area contributed by atoms with E-state index in [-0.39, 0.29) is 17.7 Å². The summed E-state index contributed by atoms with van der Waals surface area (Å²) in [6, 6.07) is 18.3. The zero-order valence-electron chi connectivity index (χ0n) is 17.3. The summed E-state index contributed by atoms with van der Waals surface area (Å²) in [6.07, 6.45) is 2.07. The number of hydrazone groups is 1. The summed E-state index contributed by atoms with van der Waals surface area (Å²) >= 11 is 0. The van der Waals surface area contributed by atoms with Gasteiger partial charge in [-0.25, -0.2) is 5.43 Å². The van der Waals surface area contributed by atoms with E-state index >= 15 is 0 Å². The summed E-state index contributed by atoms with van der Waals surface area (Å²) in [5.41, 5.74) is 4.52. The highest BCUT2D eigenvalue weighted by molar-refractivity contribution is 6.03. The maximum absolute atomic E-state index is 12.3. The molecule has 0 fully saturated rings. The standard InChI is InChI=1S/C24H25N3O3/c1-16(2)14-23(28)26-19-11-8-17(9-12-19)24(29)27-25-15-18-10-13-22(30-3)21-7-5-4-6-20(18)21/h4-13,15-16H,14H2,1-3H3,(H,26,28)(H,27,29)/b25-15+. The lowest BCUT2D eigenvalue weighted by molar-refractivity contribution is -0.116. The summed E-state index contributed by atoms with van der Waals surface area (Å²) in [4.78, 5) is 24.2. The molecule has 0 saturated carbocycles. The molecule has 3 rings (SSSR count). The number of anilines is 1. The third-order valence-electron chi connectivity index (χ3n) is 4.53. The molecular formula is C24H25N3O3. The molecule has 0 saturated heterocycles. The van der Waals surface area contributed by atoms with Gasteiger partial charge in [-0.1, -0.05) is 38.1 Å². The molecule has 154 valence electrons. The Kier molecular flexibility index (Phi) is 6.80. The molecule has 30 heavy (non-hydrogen) atoms. The Hall–Kier alpha value is -3.67. The van der Waals surface area contributed by atoms with E-state index in [1.807, 2.05) is 50.2 Å². The van der Waals surface area contributed by atoms with Crippen molar-refractivity contribution in [1.29, 1.82) is 0 Å². The summed E-state index contributed by atoms with van der Waals surface area (Å²) < 4.78 is 5.39. The molecule has 0 aliphatic heterocycles. The number of methoxy groups -OCH3 is 1. The minimum atomic E-state index is -0.330. The van der Waals surface area contributed by atoms with E-state index < -0.39 is 0 Å². The zero-order chi connectivity index (χ0) is 21.5. The van der Waals surface area contributed by atoms with Crippen LogP contribution in [-0.2, 0) is 4.79 Å². The second-order valence-corrected chi connectivity index (χ2v) is 7.33. The predicted octanol–water partition coefficient (Wildman–Crippen LogP) is 4.60. The normalized spacial score (nSPS) is 11.1. The monoisotopic (exact) mass is 403 g/mol. The van der Waals surface area contributed by atoms with E-state index in [1.54, 1.807) is 37.6 Å². The first-order chi connectivity index (χ1) is 14.5. The maximum atomic E-state index is 12.3. The number of benzene rings is 3. The van der Waals surface area contributed by atoms with Gasteiger partial charge in [0.2, 0.25) is 5.91 Å². The number of ether oxygens (including phenoxy) is 1. The zero-order valence-corrected chi connectivity index (χ0v) is 17.3. The van der Waals surface area contributed by atoms with E-state index in [2.05, 4.69) is 15.8 Å². The van der Waals surface area contributed by atoms with Crippen LogP contribution in [0.5, 0.6) is 5.75 Å². The van der Waals surface area contributed by atoms with Crippen LogP contribution in [0, 0.1) is 5.92 Å². The highest BCUT2D eigenvalue weighted by Crippen LogP contribution is 2.27. The molecule has 0 bridgehead atoms. The van der Waals surface area contributed by atoms with E-state index in [9.17, 15) is 9.59 Å². The van der Waals surface area contributed by atoms with Crippen LogP contribution in [0.15, 0.2) is 65.8 Å². The number of hydrogen-bond donors (Lipinski definition) is 2. The number of rotatable bonds is 7. The highest BCUT2D eigenvalue weighted by atomic mass is 16.5. The number of nitrogens with zero attached hydrogens (tertiary/aromatic N) is 1. The molecule has 0 heterocycles. The number of hydrogen-bond acceptors (Lipinski definition) is 4. The molecule has 0 spiro atoms. The van der Waals surface area contributed by atoms with Crippen LogP contribution in [0.25, 0.3) is 10.8 Å². The van der Waals surface area contributed by atoms with Crippen LogP contribution in [0.3, 0.4) is 0 Å². The Morgan fingerprint density at radius 2 is 1.70 bits per heavy atom. The fourth-order valence-corrected chi connectivity index (χ4v) is 3.10. The van der Waals surface area contributed by atoms with Gasteiger partial charge in [-0.3, -0.25) is 9.59 Å². The summed E-state index contributed by atoms with van der Waals surface area (Å²) in [5, 5.41) is 8.87. The molecule has 0 aromatic heterocycles. The average Bonchev–Trinajstić information content (AvgIpc) is 2.73. The van der Waals surface area contributed by atoms with Crippen molar-refractivity contribution in [3.05, 3.63) is 71.8 Å². The minimum absolute atomic E-state index is 0.0430. The lowest BCUT2D eigenvalue weighted by Gasteiger charge is -2.08. The lowest BCUT2D eigenvalue weighted by atomic mass is 10.0. The van der Waals surface area contributed by atoms with E-state index in [1.165, 1.54) is 0 Å².